The third-order valence-corrected chi connectivity index (χ3v) is 6.15. The highest BCUT2D eigenvalue weighted by Crippen LogP contribution is 2.37. The maximum Gasteiger partial charge on any atom is 0.338 e. The first-order valence-corrected chi connectivity index (χ1v) is 10.5. The molecule has 0 bridgehead atoms. The molecule has 0 saturated carbocycles. The number of carbonyl (C=O) groups excluding carboxylic acids is 1. The number of aromatic nitrogens is 2. The Morgan fingerprint density at radius 1 is 1.12 bits per heavy atom. The van der Waals surface area contributed by atoms with Gasteiger partial charge in [0.1, 0.15) is 17.5 Å². The second kappa shape index (κ2) is 8.80. The molecule has 0 radical (unpaired) electrons. The highest BCUT2D eigenvalue weighted by molar-refractivity contribution is 7.07. The summed E-state index contributed by atoms with van der Waals surface area (Å²) in [6, 6.07) is 8.12. The molecular formula is C23H21N3O5S. The molecule has 1 unspecified atom stereocenters. The van der Waals surface area contributed by atoms with Crippen LogP contribution in [-0.2, 0) is 9.53 Å². The number of hydrogen-bond donors (Lipinski definition) is 0. The van der Waals surface area contributed by atoms with E-state index in [0.717, 1.165) is 5.56 Å². The fourth-order valence-electron chi connectivity index (χ4n) is 3.64. The molecule has 3 aromatic rings. The lowest BCUT2D eigenvalue weighted by Crippen LogP contribution is -2.40. The van der Waals surface area contributed by atoms with Crippen LogP contribution in [0.2, 0.25) is 0 Å². The molecule has 0 saturated heterocycles. The van der Waals surface area contributed by atoms with Crippen molar-refractivity contribution < 1.29 is 19.0 Å². The van der Waals surface area contributed by atoms with Crippen molar-refractivity contribution in [3.8, 4) is 11.5 Å². The van der Waals surface area contributed by atoms with Crippen LogP contribution in [0.3, 0.4) is 0 Å². The second-order valence-electron chi connectivity index (χ2n) is 6.96. The number of pyridine rings is 1. The van der Waals surface area contributed by atoms with Gasteiger partial charge in [-0.15, -0.1) is 0 Å². The van der Waals surface area contributed by atoms with Crippen molar-refractivity contribution in [1.82, 2.24) is 9.55 Å². The number of nitrogens with zero attached hydrogens (tertiary/aromatic N) is 3. The van der Waals surface area contributed by atoms with Gasteiger partial charge in [0.15, 0.2) is 4.80 Å². The molecule has 9 heteroatoms. The van der Waals surface area contributed by atoms with Crippen molar-refractivity contribution in [3.63, 3.8) is 0 Å². The predicted molar refractivity (Wildman–Crippen MR) is 120 cm³/mol. The van der Waals surface area contributed by atoms with Gasteiger partial charge >= 0.3 is 5.97 Å². The summed E-state index contributed by atoms with van der Waals surface area (Å²) in [6.45, 7) is 1.73. The maximum absolute atomic E-state index is 13.5. The van der Waals surface area contributed by atoms with Crippen LogP contribution in [0.15, 0.2) is 63.8 Å². The summed E-state index contributed by atoms with van der Waals surface area (Å²) in [4.78, 5) is 35.3. The summed E-state index contributed by atoms with van der Waals surface area (Å²) in [6.07, 6.45) is 5.10. The predicted octanol–water partition coefficient (Wildman–Crippen LogP) is 1.82. The van der Waals surface area contributed by atoms with Crippen LogP contribution in [0.1, 0.15) is 24.1 Å². The van der Waals surface area contributed by atoms with Gasteiger partial charge in [0.25, 0.3) is 5.56 Å². The van der Waals surface area contributed by atoms with Gasteiger partial charge in [0.2, 0.25) is 0 Å². The van der Waals surface area contributed by atoms with Gasteiger partial charge in [-0.3, -0.25) is 14.3 Å². The Balaban J connectivity index is 2.01. The van der Waals surface area contributed by atoms with Gasteiger partial charge in [-0.2, -0.15) is 0 Å². The summed E-state index contributed by atoms with van der Waals surface area (Å²) in [5.41, 5.74) is 1.96. The van der Waals surface area contributed by atoms with Gasteiger partial charge in [-0.25, -0.2) is 9.79 Å². The van der Waals surface area contributed by atoms with E-state index in [1.165, 1.54) is 30.1 Å². The van der Waals surface area contributed by atoms with Crippen molar-refractivity contribution in [2.45, 2.75) is 13.0 Å². The Morgan fingerprint density at radius 2 is 1.88 bits per heavy atom. The number of fused-ring (bicyclic) bond motifs is 1. The zero-order valence-corrected chi connectivity index (χ0v) is 18.8. The summed E-state index contributed by atoms with van der Waals surface area (Å²) in [5.74, 6) is 0.516. The largest absolute Gasteiger partial charge is 0.497 e. The molecule has 1 aliphatic heterocycles. The van der Waals surface area contributed by atoms with Gasteiger partial charge < -0.3 is 14.2 Å². The van der Waals surface area contributed by atoms with Crippen molar-refractivity contribution in [2.75, 3.05) is 21.3 Å². The molecule has 8 nitrogen and oxygen atoms in total. The van der Waals surface area contributed by atoms with Crippen LogP contribution in [0.25, 0.3) is 6.08 Å². The molecule has 1 aromatic carbocycles. The van der Waals surface area contributed by atoms with E-state index in [4.69, 9.17) is 14.2 Å². The molecule has 1 atom stereocenters. The number of methoxy groups -OCH3 is 3. The Morgan fingerprint density at radius 3 is 2.53 bits per heavy atom. The average molecular weight is 452 g/mol. The van der Waals surface area contributed by atoms with Crippen molar-refractivity contribution in [1.29, 1.82) is 0 Å². The van der Waals surface area contributed by atoms with E-state index in [0.29, 0.717) is 32.1 Å². The fraction of sp³-hybridized carbons (Fsp3) is 0.217. The van der Waals surface area contributed by atoms with E-state index in [-0.39, 0.29) is 11.1 Å². The number of benzene rings is 1. The molecule has 0 fully saturated rings. The van der Waals surface area contributed by atoms with Crippen molar-refractivity contribution in [2.24, 2.45) is 4.99 Å². The molecule has 3 heterocycles. The van der Waals surface area contributed by atoms with Crippen LogP contribution in [-0.4, -0.2) is 36.8 Å². The maximum atomic E-state index is 13.5. The highest BCUT2D eigenvalue weighted by atomic mass is 32.1. The first-order valence-electron chi connectivity index (χ1n) is 9.71. The molecule has 164 valence electrons. The van der Waals surface area contributed by atoms with Crippen LogP contribution in [0.5, 0.6) is 11.5 Å². The molecule has 0 N–H and O–H groups in total. The third-order valence-electron chi connectivity index (χ3n) is 5.17. The molecule has 2 aromatic heterocycles. The van der Waals surface area contributed by atoms with E-state index < -0.39 is 12.0 Å². The van der Waals surface area contributed by atoms with E-state index in [1.54, 1.807) is 50.7 Å². The number of carbonyl (C=O) groups is 1. The summed E-state index contributed by atoms with van der Waals surface area (Å²) in [5, 5.41) is 0. The molecular weight excluding hydrogens is 430 g/mol. The number of thiazole rings is 1. The number of esters is 1. The summed E-state index contributed by atoms with van der Waals surface area (Å²) in [7, 11) is 4.39. The van der Waals surface area contributed by atoms with E-state index >= 15 is 0 Å². The summed E-state index contributed by atoms with van der Waals surface area (Å²) >= 11 is 1.26. The van der Waals surface area contributed by atoms with Crippen LogP contribution < -0.4 is 24.4 Å². The van der Waals surface area contributed by atoms with E-state index in [2.05, 4.69) is 9.98 Å². The van der Waals surface area contributed by atoms with Gasteiger partial charge in [0, 0.05) is 24.0 Å². The van der Waals surface area contributed by atoms with Crippen LogP contribution in [0, 0.1) is 0 Å². The minimum Gasteiger partial charge on any atom is -0.497 e. The number of hydrogen-bond acceptors (Lipinski definition) is 8. The van der Waals surface area contributed by atoms with E-state index in [9.17, 15) is 9.59 Å². The van der Waals surface area contributed by atoms with Crippen molar-refractivity contribution in [3.05, 3.63) is 84.8 Å². The lowest BCUT2D eigenvalue weighted by atomic mass is 9.95. The summed E-state index contributed by atoms with van der Waals surface area (Å²) < 4.78 is 17.9. The third kappa shape index (κ3) is 3.71. The second-order valence-corrected chi connectivity index (χ2v) is 7.97. The number of rotatable bonds is 5. The van der Waals surface area contributed by atoms with E-state index in [1.807, 2.05) is 12.1 Å². The molecule has 1 aliphatic rings. The number of ether oxygens (including phenoxy) is 3. The lowest BCUT2D eigenvalue weighted by molar-refractivity contribution is -0.136. The smallest absolute Gasteiger partial charge is 0.338 e. The molecule has 0 amide bonds. The number of allylic oxidation sites excluding steroid dienone is 1. The fourth-order valence-corrected chi connectivity index (χ4v) is 4.69. The van der Waals surface area contributed by atoms with Gasteiger partial charge in [0.05, 0.1) is 37.1 Å². The standard InChI is InChI=1S/C23H21N3O5S/c1-13-19(22(28)31-4)20(16-6-5-15(29-2)12-17(16)30-3)26-21(27)18(32-23(26)25-13)11-14-7-9-24-10-8-14/h5-12,20H,1-4H3/b18-11-. The molecule has 32 heavy (non-hydrogen) atoms. The molecule has 0 aliphatic carbocycles. The molecule has 4 rings (SSSR count). The van der Waals surface area contributed by atoms with Gasteiger partial charge in [-0.1, -0.05) is 11.3 Å². The highest BCUT2D eigenvalue weighted by Gasteiger charge is 2.35. The zero-order chi connectivity index (χ0) is 22.8. The van der Waals surface area contributed by atoms with Gasteiger partial charge in [-0.05, 0) is 42.8 Å². The first kappa shape index (κ1) is 21.5. The van der Waals surface area contributed by atoms with Crippen LogP contribution >= 0.6 is 11.3 Å². The minimum atomic E-state index is -0.765. The molecule has 0 spiro atoms. The topological polar surface area (TPSA) is 92.0 Å². The zero-order valence-electron chi connectivity index (χ0n) is 18.0. The Kier molecular flexibility index (Phi) is 5.91. The first-order chi connectivity index (χ1) is 15.5. The quantitative estimate of drug-likeness (QED) is 0.550. The minimum absolute atomic E-state index is 0.262. The Bertz CT molecular complexity index is 1390. The SMILES string of the molecule is COC(=O)C1=C(C)N=c2s/c(=C\c3ccncc3)c(=O)n2C1c1ccc(OC)cc1OC. The normalized spacial score (nSPS) is 15.8. The monoisotopic (exact) mass is 451 g/mol. The van der Waals surface area contributed by atoms with Crippen molar-refractivity contribution >= 4 is 23.4 Å². The van der Waals surface area contributed by atoms with Crippen LogP contribution in [0.4, 0.5) is 0 Å². The Labute approximate surface area is 187 Å². The average Bonchev–Trinajstić information content (AvgIpc) is 3.12. The lowest BCUT2D eigenvalue weighted by Gasteiger charge is -2.25. The Hall–Kier alpha value is -3.72.